The number of amides is 2. The number of thiazole rings is 1. The fraction of sp³-hybridized carbons (Fsp3) is 0.286. The lowest BCUT2D eigenvalue weighted by molar-refractivity contribution is -0.176. The van der Waals surface area contributed by atoms with Gasteiger partial charge in [0, 0.05) is 18.1 Å². The first-order valence-corrected chi connectivity index (χ1v) is 7.47. The molecule has 0 spiro atoms. The van der Waals surface area contributed by atoms with Gasteiger partial charge in [0.2, 0.25) is 0 Å². The first kappa shape index (κ1) is 17.2. The molecule has 2 aromatic rings. The van der Waals surface area contributed by atoms with E-state index >= 15 is 0 Å². The minimum atomic E-state index is -4.32. The molecule has 0 radical (unpaired) electrons. The summed E-state index contributed by atoms with van der Waals surface area (Å²) >= 11 is 1.31. The predicted octanol–water partition coefficient (Wildman–Crippen LogP) is 3.54. The molecule has 1 heterocycles. The van der Waals surface area contributed by atoms with Crippen LogP contribution in [-0.2, 0) is 17.9 Å². The Labute approximate surface area is 134 Å². The number of carbonyl (C=O) groups excluding carboxylic acids is 1. The molecule has 1 aromatic heterocycles. The second-order valence-corrected chi connectivity index (χ2v) is 5.46. The Hall–Kier alpha value is -2.13. The summed E-state index contributed by atoms with van der Waals surface area (Å²) in [6.07, 6.45) is -2.74. The third-order valence-corrected chi connectivity index (χ3v) is 3.35. The van der Waals surface area contributed by atoms with E-state index in [1.165, 1.54) is 11.3 Å². The van der Waals surface area contributed by atoms with E-state index in [2.05, 4.69) is 20.4 Å². The summed E-state index contributed by atoms with van der Waals surface area (Å²) in [5.41, 5.74) is 1.45. The van der Waals surface area contributed by atoms with Crippen LogP contribution >= 0.6 is 11.3 Å². The molecule has 2 rings (SSSR count). The first-order valence-electron chi connectivity index (χ1n) is 6.59. The average molecular weight is 345 g/mol. The lowest BCUT2D eigenvalue weighted by Crippen LogP contribution is -2.28. The van der Waals surface area contributed by atoms with Crippen LogP contribution in [0.15, 0.2) is 35.8 Å². The van der Waals surface area contributed by atoms with Crippen LogP contribution in [0.2, 0.25) is 0 Å². The highest BCUT2D eigenvalue weighted by Crippen LogP contribution is 2.16. The fourth-order valence-electron chi connectivity index (χ4n) is 1.65. The molecule has 2 N–H and O–H groups in total. The molecule has 5 nitrogen and oxygen atoms in total. The van der Waals surface area contributed by atoms with Crippen LogP contribution in [0, 0.1) is 0 Å². The Morgan fingerprint density at radius 1 is 1.22 bits per heavy atom. The molecule has 124 valence electrons. The molecule has 0 unspecified atom stereocenters. The largest absolute Gasteiger partial charge is 0.411 e. The Bertz CT molecular complexity index is 615. The number of nitrogens with one attached hydrogen (secondary N) is 2. The minimum absolute atomic E-state index is 0.113. The fourth-order valence-corrected chi connectivity index (χ4v) is 2.17. The standard InChI is InChI=1S/C14H14F3N3O2S/c15-14(16,17)9-22-8-11-3-1-10(2-4-11)7-19-12(21)20-13-18-5-6-23-13/h1-6H,7-9H2,(H2,18,19,20,21). The van der Waals surface area contributed by atoms with Gasteiger partial charge >= 0.3 is 12.2 Å². The molecule has 0 fully saturated rings. The van der Waals surface area contributed by atoms with Gasteiger partial charge in [-0.15, -0.1) is 11.3 Å². The maximum atomic E-state index is 12.0. The van der Waals surface area contributed by atoms with E-state index in [0.29, 0.717) is 17.2 Å². The van der Waals surface area contributed by atoms with Crippen molar-refractivity contribution in [2.24, 2.45) is 0 Å². The van der Waals surface area contributed by atoms with Crippen LogP contribution in [-0.4, -0.2) is 23.8 Å². The van der Waals surface area contributed by atoms with Crippen molar-refractivity contribution < 1.29 is 22.7 Å². The number of anilines is 1. The highest BCUT2D eigenvalue weighted by atomic mass is 32.1. The van der Waals surface area contributed by atoms with Crippen molar-refractivity contribution >= 4 is 22.5 Å². The summed E-state index contributed by atoms with van der Waals surface area (Å²) < 4.78 is 40.4. The van der Waals surface area contributed by atoms with E-state index in [1.54, 1.807) is 35.8 Å². The molecule has 0 bridgehead atoms. The van der Waals surface area contributed by atoms with E-state index in [-0.39, 0.29) is 12.6 Å². The molecule has 23 heavy (non-hydrogen) atoms. The Kier molecular flexibility index (Phi) is 5.94. The van der Waals surface area contributed by atoms with Crippen LogP contribution in [0.4, 0.5) is 23.1 Å². The van der Waals surface area contributed by atoms with Crippen molar-refractivity contribution in [1.82, 2.24) is 10.3 Å². The van der Waals surface area contributed by atoms with Gasteiger partial charge in [-0.1, -0.05) is 24.3 Å². The van der Waals surface area contributed by atoms with Gasteiger partial charge in [0.1, 0.15) is 6.61 Å². The number of nitrogens with zero attached hydrogens (tertiary/aromatic N) is 1. The zero-order valence-corrected chi connectivity index (χ0v) is 12.7. The number of aromatic nitrogens is 1. The van der Waals surface area contributed by atoms with E-state index in [1.807, 2.05) is 0 Å². The summed E-state index contributed by atoms with van der Waals surface area (Å²) in [7, 11) is 0. The topological polar surface area (TPSA) is 63.2 Å². The van der Waals surface area contributed by atoms with Crippen molar-refractivity contribution in [3.8, 4) is 0 Å². The zero-order chi connectivity index (χ0) is 16.7. The molecule has 0 saturated heterocycles. The average Bonchev–Trinajstić information content (AvgIpc) is 2.98. The van der Waals surface area contributed by atoms with E-state index < -0.39 is 12.8 Å². The molecule has 0 aliphatic heterocycles. The number of rotatable bonds is 6. The van der Waals surface area contributed by atoms with Crippen LogP contribution in [0.25, 0.3) is 0 Å². The normalized spacial score (nSPS) is 11.3. The van der Waals surface area contributed by atoms with Crippen LogP contribution in [0.3, 0.4) is 0 Å². The minimum Gasteiger partial charge on any atom is -0.367 e. The molecule has 0 saturated carbocycles. The van der Waals surface area contributed by atoms with Crippen LogP contribution < -0.4 is 10.6 Å². The van der Waals surface area contributed by atoms with Gasteiger partial charge in [-0.2, -0.15) is 13.2 Å². The summed E-state index contributed by atoms with van der Waals surface area (Å²) in [4.78, 5) is 15.5. The first-order chi connectivity index (χ1) is 10.9. The summed E-state index contributed by atoms with van der Waals surface area (Å²) in [5, 5.41) is 7.48. The second kappa shape index (κ2) is 7.93. The molecule has 0 atom stereocenters. The maximum absolute atomic E-state index is 12.0. The number of alkyl halides is 3. The molecular formula is C14H14F3N3O2S. The van der Waals surface area contributed by atoms with Crippen molar-refractivity contribution in [1.29, 1.82) is 0 Å². The van der Waals surface area contributed by atoms with Gasteiger partial charge in [-0.25, -0.2) is 9.78 Å². The van der Waals surface area contributed by atoms with E-state index in [4.69, 9.17) is 0 Å². The van der Waals surface area contributed by atoms with Crippen LogP contribution in [0.1, 0.15) is 11.1 Å². The third-order valence-electron chi connectivity index (χ3n) is 2.66. The van der Waals surface area contributed by atoms with Gasteiger partial charge in [0.25, 0.3) is 0 Å². The molecule has 2 amide bonds. The molecule has 9 heteroatoms. The number of benzene rings is 1. The van der Waals surface area contributed by atoms with Gasteiger partial charge in [-0.3, -0.25) is 5.32 Å². The number of hydrogen-bond donors (Lipinski definition) is 2. The van der Waals surface area contributed by atoms with Gasteiger partial charge < -0.3 is 10.1 Å². The maximum Gasteiger partial charge on any atom is 0.411 e. The van der Waals surface area contributed by atoms with Gasteiger partial charge in [-0.05, 0) is 11.1 Å². The lowest BCUT2D eigenvalue weighted by Gasteiger charge is -2.09. The number of ether oxygens (including phenoxy) is 1. The Morgan fingerprint density at radius 3 is 2.52 bits per heavy atom. The molecule has 0 aliphatic rings. The number of halogens is 3. The van der Waals surface area contributed by atoms with Crippen molar-refractivity contribution in [2.75, 3.05) is 11.9 Å². The van der Waals surface area contributed by atoms with Crippen molar-refractivity contribution in [3.63, 3.8) is 0 Å². The van der Waals surface area contributed by atoms with Gasteiger partial charge in [0.05, 0.1) is 6.61 Å². The highest BCUT2D eigenvalue weighted by molar-refractivity contribution is 7.13. The molecule has 1 aromatic carbocycles. The second-order valence-electron chi connectivity index (χ2n) is 4.57. The number of urea groups is 1. The van der Waals surface area contributed by atoms with E-state index in [9.17, 15) is 18.0 Å². The number of carbonyl (C=O) groups is 1. The smallest absolute Gasteiger partial charge is 0.367 e. The third kappa shape index (κ3) is 6.66. The monoisotopic (exact) mass is 345 g/mol. The summed E-state index contributed by atoms with van der Waals surface area (Å²) in [5.74, 6) is 0. The van der Waals surface area contributed by atoms with Crippen LogP contribution in [0.5, 0.6) is 0 Å². The number of hydrogen-bond acceptors (Lipinski definition) is 4. The SMILES string of the molecule is O=C(NCc1ccc(COCC(F)(F)F)cc1)Nc1nccs1. The zero-order valence-electron chi connectivity index (χ0n) is 11.9. The Balaban J connectivity index is 1.73. The van der Waals surface area contributed by atoms with E-state index in [0.717, 1.165) is 5.56 Å². The molecule has 0 aliphatic carbocycles. The van der Waals surface area contributed by atoms with Crippen molar-refractivity contribution in [2.45, 2.75) is 19.3 Å². The van der Waals surface area contributed by atoms with Gasteiger partial charge in [0.15, 0.2) is 5.13 Å². The lowest BCUT2D eigenvalue weighted by atomic mass is 10.1. The molecular weight excluding hydrogens is 331 g/mol. The quantitative estimate of drug-likeness (QED) is 0.842. The Morgan fingerprint density at radius 2 is 1.91 bits per heavy atom. The summed E-state index contributed by atoms with van der Waals surface area (Å²) in [6, 6.07) is 6.38. The predicted molar refractivity (Wildman–Crippen MR) is 80.1 cm³/mol. The summed E-state index contributed by atoms with van der Waals surface area (Å²) in [6.45, 7) is -1.09. The van der Waals surface area contributed by atoms with Crippen molar-refractivity contribution in [3.05, 3.63) is 47.0 Å². The highest BCUT2D eigenvalue weighted by Gasteiger charge is 2.27.